The van der Waals surface area contributed by atoms with Gasteiger partial charge in [0.05, 0.1) is 35.2 Å². The zero-order valence-electron chi connectivity index (χ0n) is 13.3. The van der Waals surface area contributed by atoms with Crippen LogP contribution >= 0.6 is 0 Å². The smallest absolute Gasteiger partial charge is 0.254 e. The molecule has 1 aromatic heterocycles. The van der Waals surface area contributed by atoms with Gasteiger partial charge in [0.25, 0.3) is 5.91 Å². The summed E-state index contributed by atoms with van der Waals surface area (Å²) in [5.74, 6) is -1.19. The van der Waals surface area contributed by atoms with Gasteiger partial charge < -0.3 is 16.0 Å². The number of nitrogens with one attached hydrogen (secondary N) is 3. The number of rotatable bonds is 3. The first-order valence-corrected chi connectivity index (χ1v) is 7.45. The fourth-order valence-electron chi connectivity index (χ4n) is 2.46. The molecular formula is C16H17N5O3. The molecule has 3 rings (SSSR count). The maximum absolute atomic E-state index is 12.3. The molecule has 1 atom stereocenters. The number of carbonyl (C=O) groups is 3. The standard InChI is InChI=1S/C16H17N5O3/c1-9-13(8-17-21(9)2)18-14(22)7-12-16(24)19-11-6-4-3-5-10(11)15(23)20-12/h3-6,8,12H,7H2,1-2H3,(H,18,22)(H,19,24)(H,20,23). The molecule has 124 valence electrons. The van der Waals surface area contributed by atoms with Crippen LogP contribution < -0.4 is 16.0 Å². The van der Waals surface area contributed by atoms with Crippen molar-refractivity contribution < 1.29 is 14.4 Å². The quantitative estimate of drug-likeness (QED) is 0.775. The highest BCUT2D eigenvalue weighted by molar-refractivity contribution is 6.11. The molecule has 8 nitrogen and oxygen atoms in total. The van der Waals surface area contributed by atoms with Gasteiger partial charge in [0.2, 0.25) is 11.8 Å². The molecule has 8 heteroatoms. The molecule has 1 aliphatic rings. The van der Waals surface area contributed by atoms with Crippen molar-refractivity contribution in [1.82, 2.24) is 15.1 Å². The van der Waals surface area contributed by atoms with E-state index in [-0.39, 0.29) is 18.2 Å². The second-order valence-corrected chi connectivity index (χ2v) is 5.58. The fourth-order valence-corrected chi connectivity index (χ4v) is 2.46. The molecule has 0 bridgehead atoms. The summed E-state index contributed by atoms with van der Waals surface area (Å²) in [4.78, 5) is 36.7. The first-order chi connectivity index (χ1) is 11.5. The zero-order valence-corrected chi connectivity index (χ0v) is 13.3. The van der Waals surface area contributed by atoms with Gasteiger partial charge in [-0.15, -0.1) is 0 Å². The Labute approximate surface area is 138 Å². The number of aromatic nitrogens is 2. The Morgan fingerprint density at radius 3 is 2.79 bits per heavy atom. The van der Waals surface area contributed by atoms with Gasteiger partial charge in [-0.05, 0) is 19.1 Å². The van der Waals surface area contributed by atoms with Crippen molar-refractivity contribution in [3.63, 3.8) is 0 Å². The third-order valence-electron chi connectivity index (χ3n) is 3.95. The largest absolute Gasteiger partial charge is 0.340 e. The monoisotopic (exact) mass is 327 g/mol. The highest BCUT2D eigenvalue weighted by Crippen LogP contribution is 2.19. The molecule has 1 unspecified atom stereocenters. The van der Waals surface area contributed by atoms with Crippen LogP contribution in [0.15, 0.2) is 30.5 Å². The van der Waals surface area contributed by atoms with Gasteiger partial charge in [0.15, 0.2) is 0 Å². The van der Waals surface area contributed by atoms with Gasteiger partial charge in [-0.2, -0.15) is 5.10 Å². The van der Waals surface area contributed by atoms with Gasteiger partial charge in [0.1, 0.15) is 6.04 Å². The Morgan fingerprint density at radius 1 is 1.33 bits per heavy atom. The SMILES string of the molecule is Cc1c(NC(=O)CC2NC(=O)c3ccccc3NC2=O)cnn1C. The van der Waals surface area contributed by atoms with Crippen LogP contribution in [-0.4, -0.2) is 33.5 Å². The minimum absolute atomic E-state index is 0.167. The average molecular weight is 327 g/mol. The average Bonchev–Trinajstić information content (AvgIpc) is 2.80. The van der Waals surface area contributed by atoms with Crippen molar-refractivity contribution >= 4 is 29.1 Å². The van der Waals surface area contributed by atoms with Crippen molar-refractivity contribution in [2.45, 2.75) is 19.4 Å². The molecule has 1 aromatic carbocycles. The predicted octanol–water partition coefficient (Wildman–Crippen LogP) is 0.808. The van der Waals surface area contributed by atoms with Gasteiger partial charge in [-0.25, -0.2) is 0 Å². The normalized spacial score (nSPS) is 16.7. The molecule has 0 aliphatic carbocycles. The van der Waals surface area contributed by atoms with Crippen LogP contribution in [0.3, 0.4) is 0 Å². The number of carbonyl (C=O) groups excluding carboxylic acids is 3. The van der Waals surface area contributed by atoms with E-state index < -0.39 is 11.9 Å². The predicted molar refractivity (Wildman–Crippen MR) is 87.5 cm³/mol. The van der Waals surface area contributed by atoms with Crippen LogP contribution in [-0.2, 0) is 16.6 Å². The maximum Gasteiger partial charge on any atom is 0.254 e. The highest BCUT2D eigenvalue weighted by Gasteiger charge is 2.29. The van der Waals surface area contributed by atoms with E-state index in [2.05, 4.69) is 21.0 Å². The zero-order chi connectivity index (χ0) is 17.3. The van der Waals surface area contributed by atoms with Crippen LogP contribution in [0.1, 0.15) is 22.5 Å². The number of nitrogens with zero attached hydrogens (tertiary/aromatic N) is 2. The number of para-hydroxylation sites is 1. The fraction of sp³-hybridized carbons (Fsp3) is 0.250. The second-order valence-electron chi connectivity index (χ2n) is 5.58. The lowest BCUT2D eigenvalue weighted by Crippen LogP contribution is -2.43. The Bertz CT molecular complexity index is 827. The first kappa shape index (κ1) is 15.7. The van der Waals surface area contributed by atoms with E-state index in [4.69, 9.17) is 0 Å². The minimum Gasteiger partial charge on any atom is -0.340 e. The van der Waals surface area contributed by atoms with E-state index in [1.807, 2.05) is 6.92 Å². The number of hydrogen-bond acceptors (Lipinski definition) is 4. The minimum atomic E-state index is -0.943. The van der Waals surface area contributed by atoms with E-state index >= 15 is 0 Å². The molecule has 0 radical (unpaired) electrons. The summed E-state index contributed by atoms with van der Waals surface area (Å²) in [7, 11) is 1.77. The Balaban J connectivity index is 1.71. The molecule has 24 heavy (non-hydrogen) atoms. The summed E-state index contributed by atoms with van der Waals surface area (Å²) in [6.07, 6.45) is 1.37. The van der Waals surface area contributed by atoms with Gasteiger partial charge in [0, 0.05) is 7.05 Å². The van der Waals surface area contributed by atoms with Crippen molar-refractivity contribution in [3.8, 4) is 0 Å². The number of anilines is 2. The van der Waals surface area contributed by atoms with Crippen LogP contribution in [0, 0.1) is 6.92 Å². The van der Waals surface area contributed by atoms with E-state index in [0.717, 1.165) is 5.69 Å². The lowest BCUT2D eigenvalue weighted by atomic mass is 10.1. The molecule has 1 aliphatic heterocycles. The molecule has 0 fully saturated rings. The van der Waals surface area contributed by atoms with Crippen molar-refractivity contribution in [1.29, 1.82) is 0 Å². The number of benzene rings is 1. The summed E-state index contributed by atoms with van der Waals surface area (Å²) in [6, 6.07) is 5.76. The van der Waals surface area contributed by atoms with E-state index in [1.165, 1.54) is 6.20 Å². The molecule has 2 heterocycles. The van der Waals surface area contributed by atoms with Gasteiger partial charge in [-0.1, -0.05) is 12.1 Å². The Hall–Kier alpha value is -3.16. The molecule has 3 N–H and O–H groups in total. The van der Waals surface area contributed by atoms with Crippen molar-refractivity contribution in [2.24, 2.45) is 7.05 Å². The van der Waals surface area contributed by atoms with E-state index in [0.29, 0.717) is 16.9 Å². The molecule has 3 amide bonds. The van der Waals surface area contributed by atoms with Crippen molar-refractivity contribution in [2.75, 3.05) is 10.6 Å². The van der Waals surface area contributed by atoms with Gasteiger partial charge >= 0.3 is 0 Å². The highest BCUT2D eigenvalue weighted by atomic mass is 16.2. The van der Waals surface area contributed by atoms with Crippen molar-refractivity contribution in [3.05, 3.63) is 41.7 Å². The summed E-state index contributed by atoms with van der Waals surface area (Å²) >= 11 is 0. The maximum atomic E-state index is 12.3. The summed E-state index contributed by atoms with van der Waals surface area (Å²) < 4.78 is 1.63. The van der Waals surface area contributed by atoms with E-state index in [1.54, 1.807) is 36.0 Å². The second kappa shape index (κ2) is 6.15. The first-order valence-electron chi connectivity index (χ1n) is 7.45. The topological polar surface area (TPSA) is 105 Å². The van der Waals surface area contributed by atoms with Crippen LogP contribution in [0.25, 0.3) is 0 Å². The number of amides is 3. The lowest BCUT2D eigenvalue weighted by molar-refractivity contribution is -0.122. The van der Waals surface area contributed by atoms with Crippen LogP contribution in [0.2, 0.25) is 0 Å². The number of fused-ring (bicyclic) bond motifs is 1. The molecule has 0 saturated carbocycles. The van der Waals surface area contributed by atoms with E-state index in [9.17, 15) is 14.4 Å². The third-order valence-corrected chi connectivity index (χ3v) is 3.95. The Kier molecular flexibility index (Phi) is 4.03. The van der Waals surface area contributed by atoms with Crippen LogP contribution in [0.5, 0.6) is 0 Å². The number of hydrogen-bond donors (Lipinski definition) is 3. The molecule has 2 aromatic rings. The third kappa shape index (κ3) is 2.98. The summed E-state index contributed by atoms with van der Waals surface area (Å²) in [5, 5.41) is 12.0. The molecule has 0 spiro atoms. The number of aryl methyl sites for hydroxylation is 1. The Morgan fingerprint density at radius 2 is 2.08 bits per heavy atom. The molecule has 0 saturated heterocycles. The summed E-state index contributed by atoms with van der Waals surface area (Å²) in [6.45, 7) is 1.82. The molecular weight excluding hydrogens is 310 g/mol. The van der Waals surface area contributed by atoms with Gasteiger partial charge in [-0.3, -0.25) is 19.1 Å². The van der Waals surface area contributed by atoms with Crippen LogP contribution in [0.4, 0.5) is 11.4 Å². The summed E-state index contributed by atoms with van der Waals surface area (Å²) in [5.41, 5.74) is 2.18. The lowest BCUT2D eigenvalue weighted by Gasteiger charge is -2.14.